The van der Waals surface area contributed by atoms with Gasteiger partial charge in [0.05, 0.1) is 31.2 Å². The second-order valence-electron chi connectivity index (χ2n) is 7.91. The largest absolute Gasteiger partial charge is 0.493 e. The fraction of sp³-hybridized carbons (Fsp3) is 0.600. The number of para-hydroxylation sites is 1. The zero-order valence-corrected chi connectivity index (χ0v) is 18.5. The summed E-state index contributed by atoms with van der Waals surface area (Å²) in [6.45, 7) is 8.15. The lowest BCUT2D eigenvalue weighted by Crippen LogP contribution is -2.09. The van der Waals surface area contributed by atoms with Gasteiger partial charge in [0.1, 0.15) is 5.75 Å². The van der Waals surface area contributed by atoms with Crippen LogP contribution in [0.2, 0.25) is 0 Å². The Hall–Kier alpha value is -2.10. The lowest BCUT2D eigenvalue weighted by molar-refractivity contribution is 0.250. The normalized spacial score (nSPS) is 12.0. The van der Waals surface area contributed by atoms with Gasteiger partial charge in [0.25, 0.3) is 0 Å². The number of hydrogen-bond acceptors (Lipinski definition) is 4. The highest BCUT2D eigenvalue weighted by molar-refractivity contribution is 5.63. The maximum absolute atomic E-state index is 6.09. The van der Waals surface area contributed by atoms with Gasteiger partial charge in [0.2, 0.25) is 0 Å². The van der Waals surface area contributed by atoms with Gasteiger partial charge in [-0.3, -0.25) is 0 Å². The van der Waals surface area contributed by atoms with E-state index in [1.807, 2.05) is 24.3 Å². The van der Waals surface area contributed by atoms with Crippen LogP contribution in [0.1, 0.15) is 78.6 Å². The Bertz CT molecular complexity index is 673. The van der Waals surface area contributed by atoms with Crippen LogP contribution in [0.15, 0.2) is 36.7 Å². The summed E-state index contributed by atoms with van der Waals surface area (Å²) in [5, 5.41) is 0. The molecule has 2 aromatic rings. The van der Waals surface area contributed by atoms with Gasteiger partial charge < -0.3 is 9.47 Å². The smallest absolute Gasteiger partial charge is 0.163 e. The SMILES string of the molecule is CCCCCCCCOc1cnc(-c2ccccc2OCC(C)CCCC)nc1. The highest BCUT2D eigenvalue weighted by Gasteiger charge is 2.11. The first-order valence-electron chi connectivity index (χ1n) is 11.4. The summed E-state index contributed by atoms with van der Waals surface area (Å²) in [5.74, 6) is 2.79. The van der Waals surface area contributed by atoms with E-state index >= 15 is 0 Å². The van der Waals surface area contributed by atoms with Crippen LogP contribution in [0.3, 0.4) is 0 Å². The first kappa shape index (κ1) is 23.2. The lowest BCUT2D eigenvalue weighted by Gasteiger charge is -2.15. The molecular weight excluding hydrogens is 360 g/mol. The van der Waals surface area contributed by atoms with Crippen LogP contribution in [0.4, 0.5) is 0 Å². The molecule has 4 heteroatoms. The molecule has 1 aromatic carbocycles. The molecule has 2 rings (SSSR count). The van der Waals surface area contributed by atoms with Gasteiger partial charge in [-0.2, -0.15) is 0 Å². The fourth-order valence-corrected chi connectivity index (χ4v) is 3.25. The zero-order chi connectivity index (χ0) is 20.7. The van der Waals surface area contributed by atoms with Crippen molar-refractivity contribution in [1.82, 2.24) is 9.97 Å². The summed E-state index contributed by atoms with van der Waals surface area (Å²) in [5.41, 5.74) is 0.928. The first-order valence-corrected chi connectivity index (χ1v) is 11.4. The Labute approximate surface area is 177 Å². The van der Waals surface area contributed by atoms with Crippen molar-refractivity contribution in [3.05, 3.63) is 36.7 Å². The molecule has 1 atom stereocenters. The third-order valence-corrected chi connectivity index (χ3v) is 5.10. The van der Waals surface area contributed by atoms with Crippen LogP contribution >= 0.6 is 0 Å². The van der Waals surface area contributed by atoms with Crippen molar-refractivity contribution in [3.8, 4) is 22.9 Å². The molecule has 0 saturated heterocycles. The number of unbranched alkanes of at least 4 members (excludes halogenated alkanes) is 6. The van der Waals surface area contributed by atoms with Crippen LogP contribution in [0, 0.1) is 5.92 Å². The number of ether oxygens (including phenoxy) is 2. The highest BCUT2D eigenvalue weighted by atomic mass is 16.5. The van der Waals surface area contributed by atoms with Crippen molar-refractivity contribution in [2.24, 2.45) is 5.92 Å². The van der Waals surface area contributed by atoms with E-state index in [1.165, 1.54) is 51.4 Å². The average molecular weight is 399 g/mol. The molecule has 160 valence electrons. The standard InChI is InChI=1S/C25H38N2O2/c1-4-6-8-9-10-13-17-28-22-18-26-25(27-19-22)23-15-11-12-16-24(23)29-20-21(3)14-7-5-2/h11-12,15-16,18-19,21H,4-10,13-14,17,20H2,1-3H3. The molecule has 0 aliphatic rings. The highest BCUT2D eigenvalue weighted by Crippen LogP contribution is 2.28. The maximum Gasteiger partial charge on any atom is 0.163 e. The lowest BCUT2D eigenvalue weighted by atomic mass is 10.1. The van der Waals surface area contributed by atoms with Gasteiger partial charge in [0, 0.05) is 0 Å². The average Bonchev–Trinajstić information content (AvgIpc) is 2.76. The van der Waals surface area contributed by atoms with Crippen molar-refractivity contribution < 1.29 is 9.47 Å². The minimum absolute atomic E-state index is 0.543. The number of hydrogen-bond donors (Lipinski definition) is 0. The predicted octanol–water partition coefficient (Wildman–Crippen LogP) is 7.09. The van der Waals surface area contributed by atoms with E-state index in [9.17, 15) is 0 Å². The molecular formula is C25H38N2O2. The van der Waals surface area contributed by atoms with Crippen molar-refractivity contribution in [2.45, 2.75) is 78.6 Å². The first-order chi connectivity index (χ1) is 14.2. The van der Waals surface area contributed by atoms with Crippen molar-refractivity contribution in [2.75, 3.05) is 13.2 Å². The number of aromatic nitrogens is 2. The van der Waals surface area contributed by atoms with Crippen molar-refractivity contribution in [3.63, 3.8) is 0 Å². The minimum atomic E-state index is 0.543. The third kappa shape index (κ3) is 8.84. The van der Waals surface area contributed by atoms with E-state index in [2.05, 4.69) is 30.7 Å². The molecule has 0 aliphatic carbocycles. The second-order valence-corrected chi connectivity index (χ2v) is 7.91. The number of rotatable bonds is 15. The van der Waals surface area contributed by atoms with E-state index in [0.717, 1.165) is 36.7 Å². The molecule has 1 heterocycles. The summed E-state index contributed by atoms with van der Waals surface area (Å²) in [6, 6.07) is 7.99. The molecule has 0 saturated carbocycles. The Kier molecular flexibility index (Phi) is 11.2. The Morgan fingerprint density at radius 1 is 0.828 bits per heavy atom. The summed E-state index contributed by atoms with van der Waals surface area (Å²) in [4.78, 5) is 9.02. The van der Waals surface area contributed by atoms with E-state index < -0.39 is 0 Å². The molecule has 1 aromatic heterocycles. The van der Waals surface area contributed by atoms with Crippen molar-refractivity contribution in [1.29, 1.82) is 0 Å². The van der Waals surface area contributed by atoms with Crippen LogP contribution in [0.5, 0.6) is 11.5 Å². The molecule has 0 spiro atoms. The Balaban J connectivity index is 1.84. The van der Waals surface area contributed by atoms with Gasteiger partial charge in [-0.25, -0.2) is 9.97 Å². The second kappa shape index (κ2) is 14.0. The molecule has 0 radical (unpaired) electrons. The third-order valence-electron chi connectivity index (χ3n) is 5.10. The fourth-order valence-electron chi connectivity index (χ4n) is 3.25. The molecule has 0 amide bonds. The van der Waals surface area contributed by atoms with Crippen molar-refractivity contribution >= 4 is 0 Å². The molecule has 0 N–H and O–H groups in total. The molecule has 29 heavy (non-hydrogen) atoms. The summed E-state index contributed by atoms with van der Waals surface area (Å²) in [6.07, 6.45) is 14.7. The number of nitrogens with zero attached hydrogens (tertiary/aromatic N) is 2. The molecule has 0 fully saturated rings. The van der Waals surface area contributed by atoms with Gasteiger partial charge in [-0.1, -0.05) is 77.8 Å². The topological polar surface area (TPSA) is 44.2 Å². The van der Waals surface area contributed by atoms with Gasteiger partial charge in [-0.15, -0.1) is 0 Å². The Morgan fingerprint density at radius 3 is 2.28 bits per heavy atom. The number of benzene rings is 1. The summed E-state index contributed by atoms with van der Waals surface area (Å²) in [7, 11) is 0. The molecule has 0 aliphatic heterocycles. The van der Waals surface area contributed by atoms with E-state index in [4.69, 9.17) is 9.47 Å². The van der Waals surface area contributed by atoms with Crippen LogP contribution in [0.25, 0.3) is 11.4 Å². The van der Waals surface area contributed by atoms with Crippen LogP contribution in [-0.4, -0.2) is 23.2 Å². The van der Waals surface area contributed by atoms with Gasteiger partial charge >= 0.3 is 0 Å². The maximum atomic E-state index is 6.09. The minimum Gasteiger partial charge on any atom is -0.493 e. The van der Waals surface area contributed by atoms with Gasteiger partial charge in [-0.05, 0) is 30.9 Å². The Morgan fingerprint density at radius 2 is 1.52 bits per heavy atom. The predicted molar refractivity (Wildman–Crippen MR) is 121 cm³/mol. The zero-order valence-electron chi connectivity index (χ0n) is 18.5. The monoisotopic (exact) mass is 398 g/mol. The van der Waals surface area contributed by atoms with Crippen LogP contribution in [-0.2, 0) is 0 Å². The molecule has 1 unspecified atom stereocenters. The van der Waals surface area contributed by atoms with E-state index in [-0.39, 0.29) is 0 Å². The van der Waals surface area contributed by atoms with Gasteiger partial charge in [0.15, 0.2) is 11.6 Å². The molecule has 0 bridgehead atoms. The molecule has 4 nitrogen and oxygen atoms in total. The quantitative estimate of drug-likeness (QED) is 0.300. The summed E-state index contributed by atoms with van der Waals surface area (Å²) >= 11 is 0. The summed E-state index contributed by atoms with van der Waals surface area (Å²) < 4.78 is 11.9. The van der Waals surface area contributed by atoms with E-state index in [1.54, 1.807) is 12.4 Å². The van der Waals surface area contributed by atoms with E-state index in [0.29, 0.717) is 11.7 Å². The van der Waals surface area contributed by atoms with Crippen LogP contribution < -0.4 is 9.47 Å².